The van der Waals surface area contributed by atoms with E-state index in [1.54, 1.807) is 48.5 Å². The van der Waals surface area contributed by atoms with Crippen molar-refractivity contribution in [1.82, 2.24) is 10.6 Å². The summed E-state index contributed by atoms with van der Waals surface area (Å²) in [6.45, 7) is 4.86. The van der Waals surface area contributed by atoms with E-state index in [1.165, 1.54) is 12.1 Å². The molecule has 0 bridgehead atoms. The number of aliphatic hydroxyl groups is 1. The van der Waals surface area contributed by atoms with Crippen LogP contribution >= 0.6 is 0 Å². The first-order valence-corrected chi connectivity index (χ1v) is 21.8. The van der Waals surface area contributed by atoms with Crippen LogP contribution in [-0.4, -0.2) is 159 Å². The summed E-state index contributed by atoms with van der Waals surface area (Å²) in [5.41, 5.74) is 0.465. The Bertz CT molecular complexity index is 2230. The molecular formula is C46H56N2O22. The number of ether oxygens (including phenoxy) is 12. The fourth-order valence-corrected chi connectivity index (χ4v) is 8.31. The van der Waals surface area contributed by atoms with Crippen LogP contribution in [0.2, 0.25) is 0 Å². The molecule has 2 aromatic rings. The van der Waals surface area contributed by atoms with Crippen LogP contribution in [0.25, 0.3) is 0 Å². The van der Waals surface area contributed by atoms with Crippen LogP contribution in [-0.2, 0) is 95.2 Å². The Hall–Kier alpha value is -6.57. The van der Waals surface area contributed by atoms with E-state index in [-0.39, 0.29) is 5.56 Å². The van der Waals surface area contributed by atoms with Gasteiger partial charge in [0, 0.05) is 47.1 Å². The van der Waals surface area contributed by atoms with Crippen molar-refractivity contribution in [2.75, 3.05) is 27.4 Å². The first-order valence-electron chi connectivity index (χ1n) is 21.8. The number of rotatable bonds is 17. The molecule has 3 heterocycles. The van der Waals surface area contributed by atoms with Gasteiger partial charge < -0.3 is 72.6 Å². The molecule has 0 aromatic heterocycles. The minimum Gasteiger partial charge on any atom is -0.465 e. The maximum Gasteiger partial charge on any atom is 0.366 e. The van der Waals surface area contributed by atoms with Crippen LogP contribution in [0.5, 0.6) is 0 Å². The second-order valence-electron chi connectivity index (χ2n) is 16.4. The van der Waals surface area contributed by atoms with E-state index in [0.29, 0.717) is 5.56 Å². The molecule has 24 nitrogen and oxygen atoms in total. The van der Waals surface area contributed by atoms with E-state index < -0.39 is 158 Å². The second-order valence-corrected chi connectivity index (χ2v) is 16.4. The van der Waals surface area contributed by atoms with Crippen LogP contribution in [0.15, 0.2) is 60.7 Å². The van der Waals surface area contributed by atoms with Gasteiger partial charge in [0.05, 0.1) is 51.3 Å². The number of amides is 2. The third-order valence-corrected chi connectivity index (χ3v) is 11.0. The minimum atomic E-state index is -2.92. The molecule has 0 radical (unpaired) electrons. The number of hydrogen-bond acceptors (Lipinski definition) is 22. The van der Waals surface area contributed by atoms with Gasteiger partial charge in [-0.25, -0.2) is 14.4 Å². The zero-order valence-corrected chi connectivity index (χ0v) is 39.5. The maximum atomic E-state index is 14.5. The summed E-state index contributed by atoms with van der Waals surface area (Å²) in [7, 11) is 1.90. The molecule has 0 aliphatic carbocycles. The summed E-state index contributed by atoms with van der Waals surface area (Å²) < 4.78 is 70.1. The van der Waals surface area contributed by atoms with E-state index >= 15 is 0 Å². The number of nitrogens with one attached hydrogen (secondary N) is 2. The van der Waals surface area contributed by atoms with Gasteiger partial charge in [0.15, 0.2) is 18.5 Å². The van der Waals surface area contributed by atoms with Crippen molar-refractivity contribution in [2.45, 2.75) is 133 Å². The maximum absolute atomic E-state index is 14.5. The van der Waals surface area contributed by atoms with E-state index in [9.17, 15) is 48.3 Å². The van der Waals surface area contributed by atoms with Gasteiger partial charge >= 0.3 is 41.8 Å². The molecule has 5 rings (SSSR count). The Labute approximate surface area is 401 Å². The highest BCUT2D eigenvalue weighted by atomic mass is 16.8. The van der Waals surface area contributed by atoms with Crippen molar-refractivity contribution in [3.05, 3.63) is 71.8 Å². The molecule has 3 aliphatic rings. The van der Waals surface area contributed by atoms with E-state index in [4.69, 9.17) is 56.8 Å². The normalized spacial score (nSPS) is 29.3. The predicted molar refractivity (Wildman–Crippen MR) is 230 cm³/mol. The Kier molecular flexibility index (Phi) is 18.5. The molecule has 70 heavy (non-hydrogen) atoms. The van der Waals surface area contributed by atoms with Gasteiger partial charge in [-0.2, -0.15) is 0 Å². The predicted octanol–water partition coefficient (Wildman–Crippen LogP) is 0.388. The lowest BCUT2D eigenvalue weighted by atomic mass is 9.86. The highest BCUT2D eigenvalue weighted by Gasteiger charge is 2.63. The fraction of sp³-hybridized carbons (Fsp3) is 0.543. The van der Waals surface area contributed by atoms with Gasteiger partial charge in [0.1, 0.15) is 43.2 Å². The summed E-state index contributed by atoms with van der Waals surface area (Å²) in [4.78, 5) is 118. The van der Waals surface area contributed by atoms with Crippen molar-refractivity contribution >= 4 is 53.6 Å². The van der Waals surface area contributed by atoms with Crippen LogP contribution in [0.3, 0.4) is 0 Å². The molecule has 1 unspecified atom stereocenters. The number of carbonyl (C=O) groups is 9. The zero-order valence-electron chi connectivity index (χ0n) is 39.5. The largest absolute Gasteiger partial charge is 0.465 e. The highest BCUT2D eigenvalue weighted by molar-refractivity contribution is 5.89. The van der Waals surface area contributed by atoms with Gasteiger partial charge in [-0.15, -0.1) is 0 Å². The van der Waals surface area contributed by atoms with Crippen molar-refractivity contribution in [3.8, 4) is 0 Å². The lowest BCUT2D eigenvalue weighted by Crippen LogP contribution is -2.72. The molecule has 382 valence electrons. The molecule has 0 spiro atoms. The second kappa shape index (κ2) is 23.8. The van der Waals surface area contributed by atoms with Crippen LogP contribution in [0.1, 0.15) is 76.6 Å². The summed E-state index contributed by atoms with van der Waals surface area (Å²) in [6, 6.07) is 12.9. The van der Waals surface area contributed by atoms with Gasteiger partial charge in [-0.1, -0.05) is 48.5 Å². The van der Waals surface area contributed by atoms with Crippen molar-refractivity contribution < 1.29 is 105 Å². The molecular weight excluding hydrogens is 932 g/mol. The highest BCUT2D eigenvalue weighted by Crippen LogP contribution is 2.43. The zero-order chi connectivity index (χ0) is 51.5. The first-order chi connectivity index (χ1) is 33.1. The van der Waals surface area contributed by atoms with Crippen LogP contribution < -0.4 is 10.6 Å². The molecule has 2 amide bonds. The monoisotopic (exact) mass is 988 g/mol. The van der Waals surface area contributed by atoms with Gasteiger partial charge in [-0.05, 0) is 12.1 Å². The Morgan fingerprint density at radius 2 is 1.26 bits per heavy atom. The lowest BCUT2D eigenvalue weighted by Gasteiger charge is -2.52. The number of carbonyl (C=O) groups excluding carboxylic acids is 9. The first kappa shape index (κ1) is 54.4. The molecule has 3 N–H and O–H groups in total. The number of methoxy groups -OCH3 is 2. The van der Waals surface area contributed by atoms with Crippen molar-refractivity contribution in [1.29, 1.82) is 0 Å². The Balaban J connectivity index is 1.72. The third kappa shape index (κ3) is 13.6. The van der Waals surface area contributed by atoms with Gasteiger partial charge in [-0.3, -0.25) is 28.8 Å². The van der Waals surface area contributed by atoms with Gasteiger partial charge in [0.25, 0.3) is 11.6 Å². The van der Waals surface area contributed by atoms with E-state index in [0.717, 1.165) is 55.8 Å². The lowest BCUT2D eigenvalue weighted by molar-refractivity contribution is -0.376. The average molecular weight is 989 g/mol. The quantitative estimate of drug-likeness (QED) is 0.143. The number of hydrogen-bond donors (Lipinski definition) is 3. The summed E-state index contributed by atoms with van der Waals surface area (Å²) in [5, 5.41) is 17.2. The molecule has 3 fully saturated rings. The number of esters is 7. The standard InChI is InChI=1S/C46H56N2O22/c1-23(49)47-35-31(66-41(55)29-15-11-9-12-16-29)19-45(58,43(56)59-7)69-39(35)38-34(22-62-42(67-38)30-17-13-10-14-18-30)68-46(44(57)60-8)20-32(63-26(4)52)36(48-24(2)50)40(70-46)37(65-28(6)54)33(64-27(5)53)21-61-25(3)51/h9-18,31-40,42,58H,19-22H2,1-8H3,(H,47,49)(H,48,50)/t31-,32-,33+,34+,35+,36+,37+,38+,39+,40+,42?,45-,46-/m0/s1. The Morgan fingerprint density at radius 3 is 1.81 bits per heavy atom. The molecule has 13 atom stereocenters. The molecule has 24 heteroatoms. The van der Waals surface area contributed by atoms with E-state index in [2.05, 4.69) is 10.6 Å². The molecule has 0 saturated carbocycles. The fourth-order valence-electron chi connectivity index (χ4n) is 8.31. The molecule has 2 aromatic carbocycles. The van der Waals surface area contributed by atoms with Crippen molar-refractivity contribution in [3.63, 3.8) is 0 Å². The van der Waals surface area contributed by atoms with E-state index in [1.807, 2.05) is 0 Å². The third-order valence-electron chi connectivity index (χ3n) is 11.0. The Morgan fingerprint density at radius 1 is 0.671 bits per heavy atom. The molecule has 3 aliphatic heterocycles. The summed E-state index contributed by atoms with van der Waals surface area (Å²) >= 11 is 0. The van der Waals surface area contributed by atoms with Crippen LogP contribution in [0, 0.1) is 0 Å². The minimum absolute atomic E-state index is 0.0566. The van der Waals surface area contributed by atoms with Crippen molar-refractivity contribution in [2.24, 2.45) is 0 Å². The summed E-state index contributed by atoms with van der Waals surface area (Å²) in [6.07, 6.45) is -17.0. The molecule has 3 saturated heterocycles. The summed E-state index contributed by atoms with van der Waals surface area (Å²) in [5.74, 6) is -14.7. The average Bonchev–Trinajstić information content (AvgIpc) is 3.30. The van der Waals surface area contributed by atoms with Crippen LogP contribution in [0.4, 0.5) is 0 Å². The SMILES string of the molecule is COC(=O)[C@]1(O[C@@H]2COC(c3ccccc3)O[C@H]2[C@@H]2O[C@](O)(C(=O)OC)C[C@H](OC(=O)c3ccccc3)[C@H]2NC(C)=O)C[C@H](OC(C)=O)[C@@H](NC(C)=O)[C@H]([C@H](OC(C)=O)[C@@H](COC(C)=O)OC(C)=O)O1. The number of benzene rings is 2. The van der Waals surface area contributed by atoms with Gasteiger partial charge in [0.2, 0.25) is 11.8 Å². The smallest absolute Gasteiger partial charge is 0.366 e. The topological polar surface area (TPSA) is 309 Å².